The van der Waals surface area contributed by atoms with Gasteiger partial charge in [-0.2, -0.15) is 0 Å². The van der Waals surface area contributed by atoms with Gasteiger partial charge >= 0.3 is 0 Å². The molecule has 0 fully saturated rings. The molecule has 1 rings (SSSR count). The summed E-state index contributed by atoms with van der Waals surface area (Å²) in [5.74, 6) is -1.62. The monoisotopic (exact) mass is 139 g/mol. The van der Waals surface area contributed by atoms with E-state index >= 15 is 0 Å². The molecular formula is C7H3F2N. The molecule has 0 saturated heterocycles. The highest BCUT2D eigenvalue weighted by molar-refractivity contribution is 5.46. The van der Waals surface area contributed by atoms with Crippen molar-refractivity contribution in [1.82, 2.24) is 0 Å². The lowest BCUT2D eigenvalue weighted by Gasteiger charge is -1.91. The third-order valence-electron chi connectivity index (χ3n) is 1.05. The van der Waals surface area contributed by atoms with Crippen LogP contribution < -0.4 is 0 Å². The minimum Gasteiger partial charge on any atom is -0.232 e. The fourth-order valence-electron chi connectivity index (χ4n) is 0.596. The van der Waals surface area contributed by atoms with Crippen LogP contribution >= 0.6 is 0 Å². The molecule has 1 nitrogen and oxygen atoms in total. The minimum absolute atomic E-state index is 0.539. The van der Waals surface area contributed by atoms with E-state index in [1.807, 2.05) is 0 Å². The first kappa shape index (κ1) is 6.69. The Hall–Kier alpha value is -1.43. The highest BCUT2D eigenvalue weighted by Crippen LogP contribution is 2.20. The van der Waals surface area contributed by atoms with Gasteiger partial charge < -0.3 is 0 Å². The second kappa shape index (κ2) is 2.44. The lowest BCUT2D eigenvalue weighted by molar-refractivity contribution is 0.594. The van der Waals surface area contributed by atoms with E-state index in [9.17, 15) is 8.78 Å². The Morgan fingerprint density at radius 3 is 2.00 bits per heavy atom. The molecule has 0 aromatic heterocycles. The van der Waals surface area contributed by atoms with Crippen LogP contribution in [0.15, 0.2) is 18.2 Å². The van der Waals surface area contributed by atoms with Crippen molar-refractivity contribution in [3.8, 4) is 0 Å². The highest BCUT2D eigenvalue weighted by Gasteiger charge is 2.05. The predicted molar refractivity (Wildman–Crippen MR) is 32.6 cm³/mol. The molecule has 10 heavy (non-hydrogen) atoms. The van der Waals surface area contributed by atoms with Gasteiger partial charge in [0.05, 0.1) is 6.57 Å². The summed E-state index contributed by atoms with van der Waals surface area (Å²) in [4.78, 5) is 2.67. The summed E-state index contributed by atoms with van der Waals surface area (Å²) in [6, 6.07) is 3.33. The zero-order valence-electron chi connectivity index (χ0n) is 4.94. The minimum atomic E-state index is -0.810. The van der Waals surface area contributed by atoms with Crippen LogP contribution in [0.4, 0.5) is 14.5 Å². The summed E-state index contributed by atoms with van der Waals surface area (Å²) >= 11 is 0. The van der Waals surface area contributed by atoms with E-state index < -0.39 is 17.3 Å². The Balaban J connectivity index is 3.34. The summed E-state index contributed by atoms with van der Waals surface area (Å²) in [7, 11) is 0. The maximum absolute atomic E-state index is 12.4. The molecular weight excluding hydrogens is 136 g/mol. The molecule has 0 heterocycles. The molecule has 0 bridgehead atoms. The average molecular weight is 139 g/mol. The van der Waals surface area contributed by atoms with Crippen molar-refractivity contribution in [2.24, 2.45) is 0 Å². The van der Waals surface area contributed by atoms with Crippen molar-refractivity contribution in [3.05, 3.63) is 41.3 Å². The summed E-state index contributed by atoms with van der Waals surface area (Å²) < 4.78 is 24.8. The topological polar surface area (TPSA) is 4.36 Å². The van der Waals surface area contributed by atoms with Crippen molar-refractivity contribution in [2.75, 3.05) is 0 Å². The highest BCUT2D eigenvalue weighted by atomic mass is 19.1. The molecule has 1 aromatic rings. The SMILES string of the molecule is [C-]#[N+]c1c(F)cccc1F. The van der Waals surface area contributed by atoms with E-state index in [0.29, 0.717) is 0 Å². The molecule has 0 spiro atoms. The van der Waals surface area contributed by atoms with Crippen LogP contribution in [-0.4, -0.2) is 0 Å². The lowest BCUT2D eigenvalue weighted by Crippen LogP contribution is -1.77. The Morgan fingerprint density at radius 1 is 1.20 bits per heavy atom. The normalized spacial score (nSPS) is 8.90. The van der Waals surface area contributed by atoms with Gasteiger partial charge in [-0.1, -0.05) is 6.07 Å². The van der Waals surface area contributed by atoms with E-state index in [1.54, 1.807) is 0 Å². The van der Waals surface area contributed by atoms with Crippen molar-refractivity contribution in [1.29, 1.82) is 0 Å². The van der Waals surface area contributed by atoms with Gasteiger partial charge in [-0.25, -0.2) is 13.6 Å². The number of halogens is 2. The molecule has 50 valence electrons. The molecule has 0 saturated carbocycles. The summed E-state index contributed by atoms with van der Waals surface area (Å²) in [6.45, 7) is 6.37. The molecule has 0 aliphatic rings. The third kappa shape index (κ3) is 0.960. The number of hydrogen-bond acceptors (Lipinski definition) is 0. The van der Waals surface area contributed by atoms with E-state index in [0.717, 1.165) is 12.1 Å². The lowest BCUT2D eigenvalue weighted by atomic mass is 10.3. The maximum atomic E-state index is 12.4. The first-order valence-electron chi connectivity index (χ1n) is 2.57. The van der Waals surface area contributed by atoms with Crippen molar-refractivity contribution < 1.29 is 8.78 Å². The van der Waals surface area contributed by atoms with E-state index in [4.69, 9.17) is 6.57 Å². The van der Waals surface area contributed by atoms with Crippen LogP contribution in [-0.2, 0) is 0 Å². The Morgan fingerprint density at radius 2 is 1.70 bits per heavy atom. The molecule has 0 amide bonds. The van der Waals surface area contributed by atoms with Crippen LogP contribution in [0, 0.1) is 18.2 Å². The second-order valence-electron chi connectivity index (χ2n) is 1.68. The zero-order chi connectivity index (χ0) is 7.56. The van der Waals surface area contributed by atoms with Gasteiger partial charge in [-0.05, 0) is 12.1 Å². The number of para-hydroxylation sites is 1. The molecule has 3 heteroatoms. The van der Waals surface area contributed by atoms with Gasteiger partial charge in [0.2, 0.25) is 0 Å². The second-order valence-corrected chi connectivity index (χ2v) is 1.68. The van der Waals surface area contributed by atoms with Gasteiger partial charge in [-0.15, -0.1) is 0 Å². The Kier molecular flexibility index (Phi) is 1.63. The van der Waals surface area contributed by atoms with Crippen LogP contribution in [0.25, 0.3) is 4.85 Å². The van der Waals surface area contributed by atoms with Crippen LogP contribution in [0.3, 0.4) is 0 Å². The quantitative estimate of drug-likeness (QED) is 0.486. The van der Waals surface area contributed by atoms with Gasteiger partial charge in [-0.3, -0.25) is 0 Å². The van der Waals surface area contributed by atoms with Gasteiger partial charge in [0, 0.05) is 0 Å². The zero-order valence-corrected chi connectivity index (χ0v) is 4.94. The number of rotatable bonds is 0. The van der Waals surface area contributed by atoms with Crippen LogP contribution in [0.5, 0.6) is 0 Å². The smallest absolute Gasteiger partial charge is 0.232 e. The number of benzene rings is 1. The largest absolute Gasteiger partial charge is 0.256 e. The number of hydrogen-bond donors (Lipinski definition) is 0. The fraction of sp³-hybridized carbons (Fsp3) is 0. The summed E-state index contributed by atoms with van der Waals surface area (Å²) in [5, 5.41) is 0. The van der Waals surface area contributed by atoms with Gasteiger partial charge in [0.1, 0.15) is 11.6 Å². The molecule has 0 aliphatic carbocycles. The fourth-order valence-corrected chi connectivity index (χ4v) is 0.596. The van der Waals surface area contributed by atoms with Crippen molar-refractivity contribution >= 4 is 5.69 Å². The molecule has 0 aliphatic heterocycles. The predicted octanol–water partition coefficient (Wildman–Crippen LogP) is 2.52. The average Bonchev–Trinajstić information content (AvgIpc) is 1.88. The third-order valence-corrected chi connectivity index (χ3v) is 1.05. The molecule has 0 radical (unpaired) electrons. The van der Waals surface area contributed by atoms with Crippen molar-refractivity contribution in [2.45, 2.75) is 0 Å². The molecule has 1 aromatic carbocycles. The van der Waals surface area contributed by atoms with Crippen molar-refractivity contribution in [3.63, 3.8) is 0 Å². The summed E-state index contributed by atoms with van der Waals surface area (Å²) in [5.41, 5.74) is -0.539. The van der Waals surface area contributed by atoms with E-state index in [2.05, 4.69) is 4.85 Å². The van der Waals surface area contributed by atoms with Gasteiger partial charge in [0.25, 0.3) is 5.69 Å². The summed E-state index contributed by atoms with van der Waals surface area (Å²) in [6.07, 6.45) is 0. The van der Waals surface area contributed by atoms with E-state index in [-0.39, 0.29) is 0 Å². The number of nitrogens with zero attached hydrogens (tertiary/aromatic N) is 1. The molecule has 0 atom stereocenters. The van der Waals surface area contributed by atoms with E-state index in [1.165, 1.54) is 6.07 Å². The Labute approximate surface area is 56.7 Å². The molecule has 0 unspecified atom stereocenters. The maximum Gasteiger partial charge on any atom is 0.256 e. The van der Waals surface area contributed by atoms with Gasteiger partial charge in [0.15, 0.2) is 0 Å². The first-order valence-corrected chi connectivity index (χ1v) is 2.57. The van der Waals surface area contributed by atoms with Crippen LogP contribution in [0.1, 0.15) is 0 Å². The first-order chi connectivity index (χ1) is 4.75. The standard InChI is InChI=1S/C7H3F2N/c1-10-7-5(8)3-2-4-6(7)9/h2-4H. The Bertz CT molecular complexity index is 268. The van der Waals surface area contributed by atoms with Crippen LogP contribution in [0.2, 0.25) is 0 Å². The molecule has 0 N–H and O–H groups in total.